The molecule has 20 heavy (non-hydrogen) atoms. The van der Waals surface area contributed by atoms with Crippen LogP contribution in [0.5, 0.6) is 11.5 Å². The van der Waals surface area contributed by atoms with Crippen LogP contribution in [0.25, 0.3) is 0 Å². The Morgan fingerprint density at radius 2 is 1.35 bits per heavy atom. The van der Waals surface area contributed by atoms with Crippen molar-refractivity contribution >= 4 is 0 Å². The zero-order valence-corrected chi connectivity index (χ0v) is 12.1. The molecule has 0 heterocycles. The highest BCUT2D eigenvalue weighted by atomic mass is 16.3. The van der Waals surface area contributed by atoms with Crippen LogP contribution in [0.15, 0.2) is 48.5 Å². The van der Waals surface area contributed by atoms with Crippen molar-refractivity contribution in [3.63, 3.8) is 0 Å². The van der Waals surface area contributed by atoms with Gasteiger partial charge in [0.1, 0.15) is 11.5 Å². The molecule has 0 aliphatic rings. The van der Waals surface area contributed by atoms with E-state index in [0.29, 0.717) is 23.3 Å². The Morgan fingerprint density at radius 3 is 1.85 bits per heavy atom. The summed E-state index contributed by atoms with van der Waals surface area (Å²) in [6.07, 6.45) is 2.06. The first kappa shape index (κ1) is 14.4. The Labute approximate surface area is 120 Å². The highest BCUT2D eigenvalue weighted by Gasteiger charge is 2.18. The first-order valence-electron chi connectivity index (χ1n) is 7.17. The van der Waals surface area contributed by atoms with Crippen LogP contribution in [0.4, 0.5) is 0 Å². The Bertz CT molecular complexity index is 528. The van der Waals surface area contributed by atoms with Crippen molar-refractivity contribution in [2.75, 3.05) is 0 Å². The molecule has 2 aromatic rings. The van der Waals surface area contributed by atoms with Crippen molar-refractivity contribution in [2.45, 2.75) is 32.6 Å². The highest BCUT2D eigenvalue weighted by Crippen LogP contribution is 2.31. The summed E-state index contributed by atoms with van der Waals surface area (Å²) in [6, 6.07) is 15.0. The lowest BCUT2D eigenvalue weighted by Gasteiger charge is -2.23. The van der Waals surface area contributed by atoms with Gasteiger partial charge in [0.15, 0.2) is 0 Å². The molecule has 0 aliphatic heterocycles. The van der Waals surface area contributed by atoms with Crippen LogP contribution in [-0.2, 0) is 6.42 Å². The zero-order valence-electron chi connectivity index (χ0n) is 12.1. The number of hydrogen-bond acceptors (Lipinski definition) is 2. The van der Waals surface area contributed by atoms with E-state index in [0.717, 1.165) is 12.8 Å². The topological polar surface area (TPSA) is 40.5 Å². The Balaban J connectivity index is 2.10. The summed E-state index contributed by atoms with van der Waals surface area (Å²) in [5.41, 5.74) is 2.52. The van der Waals surface area contributed by atoms with E-state index in [1.807, 2.05) is 24.3 Å². The summed E-state index contributed by atoms with van der Waals surface area (Å²) < 4.78 is 0. The molecule has 0 aliphatic carbocycles. The molecule has 106 valence electrons. The van der Waals surface area contributed by atoms with Gasteiger partial charge in [-0.25, -0.2) is 0 Å². The van der Waals surface area contributed by atoms with Crippen molar-refractivity contribution < 1.29 is 10.2 Å². The van der Waals surface area contributed by atoms with Gasteiger partial charge in [-0.3, -0.25) is 0 Å². The molecule has 0 fully saturated rings. The van der Waals surface area contributed by atoms with Crippen molar-refractivity contribution in [1.29, 1.82) is 0 Å². The summed E-state index contributed by atoms with van der Waals surface area (Å²) in [5, 5.41) is 18.7. The van der Waals surface area contributed by atoms with Crippen molar-refractivity contribution in [3.8, 4) is 11.5 Å². The first-order valence-corrected chi connectivity index (χ1v) is 7.17. The number of aromatic hydroxyl groups is 2. The predicted molar refractivity (Wildman–Crippen MR) is 82.1 cm³/mol. The quantitative estimate of drug-likeness (QED) is 0.841. The predicted octanol–water partition coefficient (Wildman–Crippen LogP) is 4.47. The average molecular weight is 270 g/mol. The van der Waals surface area contributed by atoms with E-state index in [2.05, 4.69) is 13.8 Å². The maximum Gasteiger partial charge on any atom is 0.115 e. The van der Waals surface area contributed by atoms with E-state index < -0.39 is 0 Å². The summed E-state index contributed by atoms with van der Waals surface area (Å²) in [4.78, 5) is 0. The Hall–Kier alpha value is -1.96. The number of hydrogen-bond donors (Lipinski definition) is 2. The molecule has 0 unspecified atom stereocenters. The molecule has 0 amide bonds. The fraction of sp³-hybridized carbons (Fsp3) is 0.333. The van der Waals surface area contributed by atoms with Gasteiger partial charge < -0.3 is 10.2 Å². The smallest absolute Gasteiger partial charge is 0.115 e. The van der Waals surface area contributed by atoms with Crippen molar-refractivity contribution in [1.82, 2.24) is 0 Å². The van der Waals surface area contributed by atoms with E-state index in [9.17, 15) is 10.2 Å². The number of rotatable bonds is 5. The molecule has 0 aromatic heterocycles. The molecule has 0 spiro atoms. The van der Waals surface area contributed by atoms with E-state index in [1.54, 1.807) is 24.3 Å². The van der Waals surface area contributed by atoms with Crippen LogP contribution in [0.3, 0.4) is 0 Å². The standard InChI is InChI=1S/C18H22O2/c1-3-18(15-6-10-17(20)11-7-15)13(2)12-14-4-8-16(19)9-5-14/h4-11,13,18-20H,3,12H2,1-2H3/t13-,18-/m0/s1. The molecular formula is C18H22O2. The number of phenols is 2. The third-order valence-electron chi connectivity index (χ3n) is 3.94. The molecule has 2 aromatic carbocycles. The summed E-state index contributed by atoms with van der Waals surface area (Å²) in [6.45, 7) is 4.46. The maximum absolute atomic E-state index is 9.39. The van der Waals surface area contributed by atoms with Gasteiger partial charge in [-0.1, -0.05) is 38.1 Å². The maximum atomic E-state index is 9.39. The van der Waals surface area contributed by atoms with Crippen LogP contribution in [0.2, 0.25) is 0 Å². The van der Waals surface area contributed by atoms with E-state index in [4.69, 9.17) is 0 Å². The van der Waals surface area contributed by atoms with Gasteiger partial charge in [0.2, 0.25) is 0 Å². The molecule has 0 saturated carbocycles. The molecule has 0 saturated heterocycles. The number of phenolic OH excluding ortho intramolecular Hbond substituents is 2. The minimum atomic E-state index is 0.312. The lowest BCUT2D eigenvalue weighted by molar-refractivity contribution is 0.441. The average Bonchev–Trinajstić information content (AvgIpc) is 2.44. The van der Waals surface area contributed by atoms with Crippen molar-refractivity contribution in [2.24, 2.45) is 5.92 Å². The summed E-state index contributed by atoms with van der Waals surface area (Å²) >= 11 is 0. The lowest BCUT2D eigenvalue weighted by Crippen LogP contribution is -2.11. The SMILES string of the molecule is CC[C@H](c1ccc(O)cc1)[C@@H](C)Cc1ccc(O)cc1. The second-order valence-electron chi connectivity index (χ2n) is 5.45. The van der Waals surface area contributed by atoms with E-state index in [1.165, 1.54) is 11.1 Å². The Morgan fingerprint density at radius 1 is 0.850 bits per heavy atom. The first-order chi connectivity index (χ1) is 9.60. The van der Waals surface area contributed by atoms with Gasteiger partial charge in [-0.15, -0.1) is 0 Å². The minimum Gasteiger partial charge on any atom is -0.508 e. The molecular weight excluding hydrogens is 248 g/mol. The summed E-state index contributed by atoms with van der Waals surface area (Å²) in [5.74, 6) is 1.61. The number of benzene rings is 2. The fourth-order valence-corrected chi connectivity index (χ4v) is 2.83. The molecule has 2 nitrogen and oxygen atoms in total. The highest BCUT2D eigenvalue weighted by molar-refractivity contribution is 5.30. The normalized spacial score (nSPS) is 13.9. The summed E-state index contributed by atoms with van der Waals surface area (Å²) in [7, 11) is 0. The molecule has 0 bridgehead atoms. The van der Waals surface area contributed by atoms with Crippen LogP contribution >= 0.6 is 0 Å². The molecule has 2 N–H and O–H groups in total. The van der Waals surface area contributed by atoms with Crippen LogP contribution < -0.4 is 0 Å². The molecule has 2 atom stereocenters. The second-order valence-corrected chi connectivity index (χ2v) is 5.45. The van der Waals surface area contributed by atoms with Crippen molar-refractivity contribution in [3.05, 3.63) is 59.7 Å². The van der Waals surface area contributed by atoms with Gasteiger partial charge in [0.05, 0.1) is 0 Å². The minimum absolute atomic E-state index is 0.312. The van der Waals surface area contributed by atoms with Crippen LogP contribution in [0, 0.1) is 5.92 Å². The monoisotopic (exact) mass is 270 g/mol. The van der Waals surface area contributed by atoms with Crippen LogP contribution in [-0.4, -0.2) is 10.2 Å². The van der Waals surface area contributed by atoms with Gasteiger partial charge >= 0.3 is 0 Å². The van der Waals surface area contributed by atoms with Gasteiger partial charge in [0, 0.05) is 0 Å². The lowest BCUT2D eigenvalue weighted by atomic mass is 9.82. The van der Waals surface area contributed by atoms with E-state index in [-0.39, 0.29) is 0 Å². The zero-order chi connectivity index (χ0) is 14.5. The van der Waals surface area contributed by atoms with Gasteiger partial charge in [0.25, 0.3) is 0 Å². The second kappa shape index (κ2) is 6.47. The fourth-order valence-electron chi connectivity index (χ4n) is 2.83. The molecule has 2 heteroatoms. The largest absolute Gasteiger partial charge is 0.508 e. The van der Waals surface area contributed by atoms with Gasteiger partial charge in [-0.05, 0) is 60.1 Å². The van der Waals surface area contributed by atoms with Crippen LogP contribution in [0.1, 0.15) is 37.3 Å². The Kier molecular flexibility index (Phi) is 4.67. The third-order valence-corrected chi connectivity index (χ3v) is 3.94. The van der Waals surface area contributed by atoms with E-state index >= 15 is 0 Å². The third kappa shape index (κ3) is 3.53. The molecule has 0 radical (unpaired) electrons. The van der Waals surface area contributed by atoms with Gasteiger partial charge in [-0.2, -0.15) is 0 Å². The molecule has 2 rings (SSSR count).